The maximum atomic E-state index is 12.0. The van der Waals surface area contributed by atoms with E-state index in [4.69, 9.17) is 0 Å². The van der Waals surface area contributed by atoms with Gasteiger partial charge in [0.25, 0.3) is 5.91 Å². The normalized spacial score (nSPS) is 11.4. The quantitative estimate of drug-likeness (QED) is 0.337. The molecule has 0 spiro atoms. The standard InChI is InChI=1S/C23H32N4O.HI/c1-6-24-22(26-17-23(2,3)20-10-8-7-9-11-20)25-16-18-12-14-19(15-13-18)21(28)27(4)5;/h7-15H,6,16-17H2,1-5H3,(H2,24,25,26);1H. The van der Waals surface area contributed by atoms with Gasteiger partial charge in [-0.3, -0.25) is 4.79 Å². The van der Waals surface area contributed by atoms with Gasteiger partial charge in [-0.1, -0.05) is 56.3 Å². The highest BCUT2D eigenvalue weighted by Gasteiger charge is 2.20. The Bertz CT molecular complexity index is 786. The lowest BCUT2D eigenvalue weighted by molar-refractivity contribution is 0.0827. The van der Waals surface area contributed by atoms with Crippen LogP contribution in [0.4, 0.5) is 0 Å². The number of benzene rings is 2. The van der Waals surface area contributed by atoms with Gasteiger partial charge < -0.3 is 15.5 Å². The van der Waals surface area contributed by atoms with Crippen molar-refractivity contribution in [2.45, 2.75) is 32.7 Å². The van der Waals surface area contributed by atoms with Gasteiger partial charge in [0.05, 0.1) is 6.54 Å². The van der Waals surface area contributed by atoms with Crippen LogP contribution in [0.2, 0.25) is 0 Å². The Morgan fingerprint density at radius 1 is 1.00 bits per heavy atom. The van der Waals surface area contributed by atoms with Gasteiger partial charge in [0.2, 0.25) is 0 Å². The third-order valence-corrected chi connectivity index (χ3v) is 4.62. The van der Waals surface area contributed by atoms with E-state index in [1.54, 1.807) is 19.0 Å². The van der Waals surface area contributed by atoms with Crippen LogP contribution < -0.4 is 10.6 Å². The van der Waals surface area contributed by atoms with Crippen LogP contribution >= 0.6 is 24.0 Å². The summed E-state index contributed by atoms with van der Waals surface area (Å²) in [6.45, 7) is 8.63. The Kier molecular flexibility index (Phi) is 10.2. The van der Waals surface area contributed by atoms with Crippen molar-refractivity contribution in [3.8, 4) is 0 Å². The van der Waals surface area contributed by atoms with Gasteiger partial charge in [-0.2, -0.15) is 0 Å². The first kappa shape index (κ1) is 24.9. The van der Waals surface area contributed by atoms with Crippen LogP contribution in [-0.4, -0.2) is 44.0 Å². The topological polar surface area (TPSA) is 56.7 Å². The molecule has 1 amide bonds. The molecule has 2 N–H and O–H groups in total. The summed E-state index contributed by atoms with van der Waals surface area (Å²) >= 11 is 0. The van der Waals surface area contributed by atoms with Crippen molar-refractivity contribution >= 4 is 35.8 Å². The molecular formula is C23H33IN4O. The maximum Gasteiger partial charge on any atom is 0.253 e. The van der Waals surface area contributed by atoms with E-state index in [1.165, 1.54) is 5.56 Å². The fraction of sp³-hybridized carbons (Fsp3) is 0.391. The van der Waals surface area contributed by atoms with Gasteiger partial charge in [-0.25, -0.2) is 4.99 Å². The minimum absolute atomic E-state index is 0. The first-order valence-electron chi connectivity index (χ1n) is 9.72. The second-order valence-corrected chi connectivity index (χ2v) is 7.70. The molecule has 2 aromatic carbocycles. The van der Waals surface area contributed by atoms with Crippen LogP contribution in [0, 0.1) is 0 Å². The van der Waals surface area contributed by atoms with E-state index in [0.717, 1.165) is 24.6 Å². The maximum absolute atomic E-state index is 12.0. The second-order valence-electron chi connectivity index (χ2n) is 7.70. The van der Waals surface area contributed by atoms with Crippen LogP contribution in [-0.2, 0) is 12.0 Å². The summed E-state index contributed by atoms with van der Waals surface area (Å²) in [7, 11) is 3.51. The molecule has 0 aliphatic carbocycles. The van der Waals surface area contributed by atoms with Crippen molar-refractivity contribution in [3.05, 3.63) is 71.3 Å². The van der Waals surface area contributed by atoms with E-state index in [2.05, 4.69) is 60.7 Å². The zero-order valence-corrected chi connectivity index (χ0v) is 20.4. The van der Waals surface area contributed by atoms with Crippen molar-refractivity contribution in [1.82, 2.24) is 15.5 Å². The van der Waals surface area contributed by atoms with Crippen LogP contribution in [0.25, 0.3) is 0 Å². The third-order valence-electron chi connectivity index (χ3n) is 4.62. The minimum atomic E-state index is -0.00829. The molecule has 0 aliphatic heterocycles. The molecule has 5 nitrogen and oxygen atoms in total. The van der Waals surface area contributed by atoms with E-state index in [0.29, 0.717) is 12.1 Å². The van der Waals surface area contributed by atoms with Crippen molar-refractivity contribution in [2.75, 3.05) is 27.2 Å². The molecule has 0 fully saturated rings. The molecule has 0 unspecified atom stereocenters. The highest BCUT2D eigenvalue weighted by Crippen LogP contribution is 2.21. The van der Waals surface area contributed by atoms with E-state index in [-0.39, 0.29) is 35.3 Å². The smallest absolute Gasteiger partial charge is 0.253 e. The summed E-state index contributed by atoms with van der Waals surface area (Å²) in [6.07, 6.45) is 0. The molecule has 0 bridgehead atoms. The van der Waals surface area contributed by atoms with Crippen molar-refractivity contribution in [2.24, 2.45) is 4.99 Å². The number of carbonyl (C=O) groups is 1. The zero-order chi connectivity index (χ0) is 20.6. The minimum Gasteiger partial charge on any atom is -0.357 e. The molecule has 158 valence electrons. The highest BCUT2D eigenvalue weighted by atomic mass is 127. The Hall–Kier alpha value is -2.09. The van der Waals surface area contributed by atoms with Crippen LogP contribution in [0.15, 0.2) is 59.6 Å². The van der Waals surface area contributed by atoms with Crippen LogP contribution in [0.5, 0.6) is 0 Å². The molecule has 0 atom stereocenters. The Labute approximate surface area is 192 Å². The third kappa shape index (κ3) is 7.68. The fourth-order valence-corrected chi connectivity index (χ4v) is 2.82. The Balaban J connectivity index is 0.00000420. The average molecular weight is 508 g/mol. The monoisotopic (exact) mass is 508 g/mol. The molecule has 0 saturated carbocycles. The molecule has 2 aromatic rings. The van der Waals surface area contributed by atoms with Gasteiger partial charge in [0, 0.05) is 38.2 Å². The van der Waals surface area contributed by atoms with E-state index in [9.17, 15) is 4.79 Å². The Morgan fingerprint density at radius 2 is 1.62 bits per heavy atom. The van der Waals surface area contributed by atoms with Crippen molar-refractivity contribution in [3.63, 3.8) is 0 Å². The number of nitrogens with zero attached hydrogens (tertiary/aromatic N) is 2. The summed E-state index contributed by atoms with van der Waals surface area (Å²) in [5.74, 6) is 0.799. The number of carbonyl (C=O) groups excluding carboxylic acids is 1. The average Bonchev–Trinajstić information content (AvgIpc) is 2.70. The number of amides is 1. The number of nitrogens with one attached hydrogen (secondary N) is 2. The summed E-state index contributed by atoms with van der Waals surface area (Å²) in [6, 6.07) is 18.1. The number of halogens is 1. The second kappa shape index (κ2) is 11.8. The lowest BCUT2D eigenvalue weighted by Gasteiger charge is -2.26. The first-order chi connectivity index (χ1) is 13.3. The van der Waals surface area contributed by atoms with Crippen molar-refractivity contribution < 1.29 is 4.79 Å². The summed E-state index contributed by atoms with van der Waals surface area (Å²) < 4.78 is 0. The number of hydrogen-bond donors (Lipinski definition) is 2. The molecule has 0 saturated heterocycles. The summed E-state index contributed by atoms with van der Waals surface area (Å²) in [5.41, 5.74) is 3.03. The van der Waals surface area contributed by atoms with E-state index < -0.39 is 0 Å². The number of hydrogen-bond acceptors (Lipinski definition) is 2. The Morgan fingerprint density at radius 3 is 2.17 bits per heavy atom. The number of guanidine groups is 1. The summed E-state index contributed by atoms with van der Waals surface area (Å²) in [5, 5.41) is 6.75. The van der Waals surface area contributed by atoms with Gasteiger partial charge in [-0.15, -0.1) is 24.0 Å². The largest absolute Gasteiger partial charge is 0.357 e. The lowest BCUT2D eigenvalue weighted by Crippen LogP contribution is -2.43. The van der Waals surface area contributed by atoms with Gasteiger partial charge in [0.1, 0.15) is 0 Å². The van der Waals surface area contributed by atoms with E-state index in [1.807, 2.05) is 30.3 Å². The van der Waals surface area contributed by atoms with Gasteiger partial charge >= 0.3 is 0 Å². The highest BCUT2D eigenvalue weighted by molar-refractivity contribution is 14.0. The number of rotatable bonds is 7. The predicted molar refractivity (Wildman–Crippen MR) is 132 cm³/mol. The predicted octanol–water partition coefficient (Wildman–Crippen LogP) is 4.04. The van der Waals surface area contributed by atoms with Crippen LogP contribution in [0.3, 0.4) is 0 Å². The van der Waals surface area contributed by atoms with Crippen molar-refractivity contribution in [1.29, 1.82) is 0 Å². The van der Waals surface area contributed by atoms with E-state index >= 15 is 0 Å². The zero-order valence-electron chi connectivity index (χ0n) is 18.0. The molecule has 6 heteroatoms. The van der Waals surface area contributed by atoms with Crippen LogP contribution in [0.1, 0.15) is 42.3 Å². The van der Waals surface area contributed by atoms with Gasteiger partial charge in [0.15, 0.2) is 5.96 Å². The fourth-order valence-electron chi connectivity index (χ4n) is 2.82. The molecule has 0 radical (unpaired) electrons. The first-order valence-corrected chi connectivity index (χ1v) is 9.72. The number of aliphatic imine (C=N–C) groups is 1. The molecule has 29 heavy (non-hydrogen) atoms. The lowest BCUT2D eigenvalue weighted by atomic mass is 9.85. The van der Waals surface area contributed by atoms with Gasteiger partial charge in [-0.05, 0) is 30.2 Å². The molecule has 0 heterocycles. The molecular weight excluding hydrogens is 475 g/mol. The molecule has 0 aromatic heterocycles. The molecule has 2 rings (SSSR count). The SMILES string of the molecule is CCNC(=NCc1ccc(C(=O)N(C)C)cc1)NCC(C)(C)c1ccccc1.I. The molecule has 0 aliphatic rings. The summed E-state index contributed by atoms with van der Waals surface area (Å²) in [4.78, 5) is 18.2.